The van der Waals surface area contributed by atoms with Crippen LogP contribution < -0.4 is 14.4 Å². The van der Waals surface area contributed by atoms with Crippen LogP contribution in [0.1, 0.15) is 5.56 Å². The van der Waals surface area contributed by atoms with E-state index in [1.54, 1.807) is 65.9 Å². The molecule has 0 radical (unpaired) electrons. The fourth-order valence-corrected chi connectivity index (χ4v) is 6.56. The maximum Gasteiger partial charge on any atom is 0.264 e. The summed E-state index contributed by atoms with van der Waals surface area (Å²) in [6.07, 6.45) is 0. The highest BCUT2D eigenvalue weighted by molar-refractivity contribution is 7.92. The molecule has 0 spiro atoms. The van der Waals surface area contributed by atoms with E-state index in [9.17, 15) is 13.2 Å². The van der Waals surface area contributed by atoms with Crippen molar-refractivity contribution in [2.75, 3.05) is 23.3 Å². The molecule has 4 aromatic carbocycles. The summed E-state index contributed by atoms with van der Waals surface area (Å²) in [4.78, 5) is 17.9. The van der Waals surface area contributed by atoms with Crippen molar-refractivity contribution in [3.63, 3.8) is 0 Å². The Labute approximate surface area is 225 Å². The average molecular weight is 544 g/mol. The number of methoxy groups -OCH3 is 1. The molecular weight excluding hydrogens is 518 g/mol. The summed E-state index contributed by atoms with van der Waals surface area (Å²) in [6, 6.07) is 28.2. The molecule has 9 heteroatoms. The number of hydrogen-bond donors (Lipinski definition) is 1. The van der Waals surface area contributed by atoms with Crippen LogP contribution in [0, 0.1) is 6.92 Å². The molecule has 0 bridgehead atoms. The molecular formula is C29H25N3O4S2. The van der Waals surface area contributed by atoms with E-state index in [4.69, 9.17) is 9.72 Å². The van der Waals surface area contributed by atoms with Crippen LogP contribution in [-0.4, -0.2) is 33.0 Å². The highest BCUT2D eigenvalue weighted by atomic mass is 32.2. The zero-order valence-electron chi connectivity index (χ0n) is 20.8. The van der Waals surface area contributed by atoms with Crippen LogP contribution in [0.15, 0.2) is 102 Å². The lowest BCUT2D eigenvalue weighted by atomic mass is 10.2. The topological polar surface area (TPSA) is 88.6 Å². The largest absolute Gasteiger partial charge is 0.495 e. The quantitative estimate of drug-likeness (QED) is 0.255. The second-order valence-corrected chi connectivity index (χ2v) is 11.5. The summed E-state index contributed by atoms with van der Waals surface area (Å²) in [6.45, 7) is 1.62. The Morgan fingerprint density at radius 3 is 2.39 bits per heavy atom. The van der Waals surface area contributed by atoms with Gasteiger partial charge in [-0.1, -0.05) is 36.4 Å². The minimum atomic E-state index is -4.05. The molecule has 1 amide bonds. The summed E-state index contributed by atoms with van der Waals surface area (Å²) < 4.78 is 34.7. The van der Waals surface area contributed by atoms with E-state index in [2.05, 4.69) is 18.3 Å². The van der Waals surface area contributed by atoms with E-state index < -0.39 is 22.5 Å². The monoisotopic (exact) mass is 543 g/mol. The Balaban J connectivity index is 1.38. The predicted octanol–water partition coefficient (Wildman–Crippen LogP) is 6.11. The molecule has 1 N–H and O–H groups in total. The van der Waals surface area contributed by atoms with Gasteiger partial charge in [-0.2, -0.15) is 0 Å². The zero-order chi connectivity index (χ0) is 26.7. The van der Waals surface area contributed by atoms with Gasteiger partial charge in [0.15, 0.2) is 0 Å². The zero-order valence-corrected chi connectivity index (χ0v) is 22.4. The highest BCUT2D eigenvalue weighted by Crippen LogP contribution is 2.33. The Kier molecular flexibility index (Phi) is 7.13. The van der Waals surface area contributed by atoms with Gasteiger partial charge in [0.1, 0.15) is 17.3 Å². The van der Waals surface area contributed by atoms with Crippen molar-refractivity contribution >= 4 is 48.9 Å². The van der Waals surface area contributed by atoms with Gasteiger partial charge in [0, 0.05) is 11.3 Å². The molecule has 0 atom stereocenters. The molecule has 1 heterocycles. The number of nitrogens with zero attached hydrogens (tertiary/aromatic N) is 2. The molecule has 7 nitrogen and oxygen atoms in total. The second-order valence-electron chi connectivity index (χ2n) is 8.61. The molecule has 38 heavy (non-hydrogen) atoms. The summed E-state index contributed by atoms with van der Waals surface area (Å²) in [5.41, 5.74) is 3.89. The number of anilines is 2. The van der Waals surface area contributed by atoms with E-state index in [0.29, 0.717) is 11.4 Å². The average Bonchev–Trinajstić information content (AvgIpc) is 3.36. The number of aryl methyl sites for hydroxylation is 1. The van der Waals surface area contributed by atoms with Crippen molar-refractivity contribution < 1.29 is 17.9 Å². The lowest BCUT2D eigenvalue weighted by molar-refractivity contribution is -0.114. The third-order valence-electron chi connectivity index (χ3n) is 5.93. The van der Waals surface area contributed by atoms with Crippen LogP contribution in [0.3, 0.4) is 0 Å². The van der Waals surface area contributed by atoms with Crippen LogP contribution in [-0.2, 0) is 14.8 Å². The van der Waals surface area contributed by atoms with Gasteiger partial charge in [-0.15, -0.1) is 11.3 Å². The van der Waals surface area contributed by atoms with Crippen LogP contribution in [0.2, 0.25) is 0 Å². The van der Waals surface area contributed by atoms with Crippen LogP contribution in [0.4, 0.5) is 11.4 Å². The van der Waals surface area contributed by atoms with Crippen LogP contribution in [0.25, 0.3) is 20.8 Å². The lowest BCUT2D eigenvalue weighted by Crippen LogP contribution is -2.38. The summed E-state index contributed by atoms with van der Waals surface area (Å²) in [5.74, 6) is -0.145. The smallest absolute Gasteiger partial charge is 0.264 e. The third-order valence-corrected chi connectivity index (χ3v) is 8.77. The normalized spacial score (nSPS) is 11.3. The number of benzene rings is 4. The minimum Gasteiger partial charge on any atom is -0.495 e. The van der Waals surface area contributed by atoms with Gasteiger partial charge in [0.25, 0.3) is 10.0 Å². The van der Waals surface area contributed by atoms with Crippen molar-refractivity contribution in [3.05, 3.63) is 103 Å². The Morgan fingerprint density at radius 2 is 1.66 bits per heavy atom. The number of amides is 1. The Morgan fingerprint density at radius 1 is 0.947 bits per heavy atom. The van der Waals surface area contributed by atoms with Gasteiger partial charge < -0.3 is 10.1 Å². The maximum atomic E-state index is 13.6. The predicted molar refractivity (Wildman–Crippen MR) is 152 cm³/mol. The van der Waals surface area contributed by atoms with Crippen LogP contribution >= 0.6 is 11.3 Å². The first-order chi connectivity index (χ1) is 18.3. The number of thiazole rings is 1. The van der Waals surface area contributed by atoms with Gasteiger partial charge in [-0.05, 0) is 73.2 Å². The van der Waals surface area contributed by atoms with Crippen molar-refractivity contribution in [1.29, 1.82) is 0 Å². The number of carbonyl (C=O) groups is 1. The number of nitrogens with one attached hydrogen (secondary N) is 1. The molecule has 192 valence electrons. The fraction of sp³-hybridized carbons (Fsp3) is 0.103. The first kappa shape index (κ1) is 25.4. The van der Waals surface area contributed by atoms with Gasteiger partial charge in [0.2, 0.25) is 5.91 Å². The molecule has 0 saturated heterocycles. The first-order valence-corrected chi connectivity index (χ1v) is 14.1. The van der Waals surface area contributed by atoms with E-state index >= 15 is 0 Å². The standard InChI is InChI=1S/C29H25N3O4S2/c1-20-12-17-24-27(18-20)37-29(31-24)21-13-15-22(16-14-21)30-28(33)19-32(25-10-6-7-11-26(25)36-2)38(34,35)23-8-4-3-5-9-23/h3-18H,19H2,1-2H3,(H,30,33). The number of sulfonamides is 1. The number of rotatable bonds is 8. The number of hydrogen-bond acceptors (Lipinski definition) is 6. The highest BCUT2D eigenvalue weighted by Gasteiger charge is 2.29. The minimum absolute atomic E-state index is 0.0779. The molecule has 0 saturated carbocycles. The summed E-state index contributed by atoms with van der Waals surface area (Å²) in [7, 11) is -2.59. The van der Waals surface area contributed by atoms with Crippen molar-refractivity contribution in [1.82, 2.24) is 4.98 Å². The van der Waals surface area contributed by atoms with Gasteiger partial charge in [0.05, 0.1) is 27.9 Å². The molecule has 5 aromatic rings. The van der Waals surface area contributed by atoms with Crippen LogP contribution in [0.5, 0.6) is 5.75 Å². The number of ether oxygens (including phenoxy) is 1. The molecule has 0 fully saturated rings. The van der Waals surface area contributed by atoms with Gasteiger partial charge >= 0.3 is 0 Å². The van der Waals surface area contributed by atoms with Crippen molar-refractivity contribution in [2.24, 2.45) is 0 Å². The van der Waals surface area contributed by atoms with E-state index in [-0.39, 0.29) is 10.6 Å². The van der Waals surface area contributed by atoms with Gasteiger partial charge in [-0.25, -0.2) is 13.4 Å². The SMILES string of the molecule is COc1ccccc1N(CC(=O)Nc1ccc(-c2nc3ccc(C)cc3s2)cc1)S(=O)(=O)c1ccccc1. The molecule has 0 unspecified atom stereocenters. The first-order valence-electron chi connectivity index (χ1n) is 11.8. The van der Waals surface area contributed by atoms with E-state index in [1.807, 2.05) is 24.3 Å². The van der Waals surface area contributed by atoms with Crippen molar-refractivity contribution in [3.8, 4) is 16.3 Å². The third kappa shape index (κ3) is 5.25. The van der Waals surface area contributed by atoms with Crippen molar-refractivity contribution in [2.45, 2.75) is 11.8 Å². The second kappa shape index (κ2) is 10.6. The van der Waals surface area contributed by atoms with E-state index in [1.165, 1.54) is 24.8 Å². The number of para-hydroxylation sites is 2. The molecule has 1 aromatic heterocycles. The van der Waals surface area contributed by atoms with E-state index in [0.717, 1.165) is 25.1 Å². The Bertz CT molecular complexity index is 1700. The molecule has 5 rings (SSSR count). The number of carbonyl (C=O) groups excluding carboxylic acids is 1. The summed E-state index contributed by atoms with van der Waals surface area (Å²) in [5, 5.41) is 3.70. The number of aromatic nitrogens is 1. The molecule has 0 aliphatic heterocycles. The molecule has 0 aliphatic rings. The maximum absolute atomic E-state index is 13.6. The summed E-state index contributed by atoms with van der Waals surface area (Å²) >= 11 is 1.61. The molecule has 0 aliphatic carbocycles. The Hall–Kier alpha value is -4.21. The fourth-order valence-electron chi connectivity index (χ4n) is 4.04. The van der Waals surface area contributed by atoms with Gasteiger partial charge in [-0.3, -0.25) is 9.10 Å². The number of fused-ring (bicyclic) bond motifs is 1. The lowest BCUT2D eigenvalue weighted by Gasteiger charge is -2.25.